The number of hydrogen-bond donors (Lipinski definition) is 0. The number of carbonyl (C=O) groups is 1. The van der Waals surface area contributed by atoms with E-state index < -0.39 is 0 Å². The summed E-state index contributed by atoms with van der Waals surface area (Å²) in [6, 6.07) is 14.5. The third-order valence-corrected chi connectivity index (χ3v) is 5.45. The number of carbonyl (C=O) groups excluding carboxylic acids is 1. The molecule has 1 saturated heterocycles. The van der Waals surface area contributed by atoms with Crippen molar-refractivity contribution >= 4 is 16.8 Å². The largest absolute Gasteiger partial charge is 0.378 e. The highest BCUT2D eigenvalue weighted by Crippen LogP contribution is 2.18. The molecule has 2 aromatic carbocycles. The molecular formula is C23H25N3O3. The fourth-order valence-electron chi connectivity index (χ4n) is 3.94. The molecule has 0 spiro atoms. The normalized spacial score (nSPS) is 15.0. The average molecular weight is 391 g/mol. The van der Waals surface area contributed by atoms with Crippen molar-refractivity contribution < 1.29 is 9.53 Å². The number of likely N-dealkylation sites (tertiary alicyclic amines) is 1. The topological polar surface area (TPSA) is 64.4 Å². The van der Waals surface area contributed by atoms with Gasteiger partial charge in [-0.1, -0.05) is 12.1 Å². The van der Waals surface area contributed by atoms with E-state index >= 15 is 0 Å². The van der Waals surface area contributed by atoms with Gasteiger partial charge in [-0.05, 0) is 63.1 Å². The Bertz CT molecular complexity index is 1080. The third kappa shape index (κ3) is 3.80. The number of aryl methyl sites for hydroxylation is 1. The third-order valence-electron chi connectivity index (χ3n) is 5.45. The molecule has 1 fully saturated rings. The zero-order valence-corrected chi connectivity index (χ0v) is 16.8. The second-order valence-corrected chi connectivity index (χ2v) is 7.31. The number of ether oxygens (including phenoxy) is 1. The molecule has 6 heteroatoms. The van der Waals surface area contributed by atoms with Crippen LogP contribution in [0.1, 0.15) is 35.9 Å². The first-order chi connectivity index (χ1) is 14.1. The summed E-state index contributed by atoms with van der Waals surface area (Å²) in [5.74, 6) is 0.637. The maximum Gasteiger partial charge on any atom is 0.265 e. The molecule has 29 heavy (non-hydrogen) atoms. The molecule has 2 heterocycles. The van der Waals surface area contributed by atoms with Crippen molar-refractivity contribution in [2.75, 3.05) is 19.7 Å². The Labute approximate surface area is 169 Å². The van der Waals surface area contributed by atoms with Crippen LogP contribution in [0.15, 0.2) is 53.3 Å². The lowest BCUT2D eigenvalue weighted by Gasteiger charge is -2.31. The van der Waals surface area contributed by atoms with E-state index in [1.54, 1.807) is 22.8 Å². The Morgan fingerprint density at radius 1 is 1.10 bits per heavy atom. The maximum atomic E-state index is 12.9. The van der Waals surface area contributed by atoms with E-state index in [-0.39, 0.29) is 17.6 Å². The molecule has 0 saturated carbocycles. The molecule has 0 atom stereocenters. The van der Waals surface area contributed by atoms with E-state index in [0.717, 1.165) is 12.8 Å². The molecule has 1 aromatic heterocycles. The van der Waals surface area contributed by atoms with Gasteiger partial charge in [0.15, 0.2) is 0 Å². The first-order valence-corrected chi connectivity index (χ1v) is 10.1. The molecule has 0 bridgehead atoms. The van der Waals surface area contributed by atoms with Gasteiger partial charge in [0.1, 0.15) is 5.82 Å². The SMILES string of the molecule is CCOC1CCN(C(=O)c2ccc(-n3c(C)nc4ccccc4c3=O)cc2)CC1. The summed E-state index contributed by atoms with van der Waals surface area (Å²) in [6.07, 6.45) is 1.99. The second kappa shape index (κ2) is 8.17. The summed E-state index contributed by atoms with van der Waals surface area (Å²) < 4.78 is 7.25. The van der Waals surface area contributed by atoms with Crippen molar-refractivity contribution in [3.05, 3.63) is 70.3 Å². The van der Waals surface area contributed by atoms with Gasteiger partial charge in [0, 0.05) is 25.3 Å². The highest BCUT2D eigenvalue weighted by molar-refractivity contribution is 5.94. The monoisotopic (exact) mass is 391 g/mol. The first-order valence-electron chi connectivity index (χ1n) is 10.1. The summed E-state index contributed by atoms with van der Waals surface area (Å²) in [5, 5.41) is 0.579. The van der Waals surface area contributed by atoms with E-state index in [0.29, 0.717) is 47.7 Å². The number of amides is 1. The number of benzene rings is 2. The van der Waals surface area contributed by atoms with Crippen molar-refractivity contribution in [2.45, 2.75) is 32.8 Å². The Balaban J connectivity index is 1.57. The molecular weight excluding hydrogens is 366 g/mol. The smallest absolute Gasteiger partial charge is 0.265 e. The quantitative estimate of drug-likeness (QED) is 0.684. The number of rotatable bonds is 4. The first kappa shape index (κ1) is 19.3. The zero-order valence-electron chi connectivity index (χ0n) is 16.8. The van der Waals surface area contributed by atoms with Crippen LogP contribution in [0.4, 0.5) is 0 Å². The van der Waals surface area contributed by atoms with Gasteiger partial charge in [-0.25, -0.2) is 4.98 Å². The molecule has 0 N–H and O–H groups in total. The van der Waals surface area contributed by atoms with E-state index in [1.807, 2.05) is 49.1 Å². The van der Waals surface area contributed by atoms with Crippen molar-refractivity contribution in [2.24, 2.45) is 0 Å². The highest BCUT2D eigenvalue weighted by atomic mass is 16.5. The van der Waals surface area contributed by atoms with Crippen LogP contribution in [0.25, 0.3) is 16.6 Å². The Kier molecular flexibility index (Phi) is 5.45. The minimum atomic E-state index is -0.106. The molecule has 0 aliphatic carbocycles. The highest BCUT2D eigenvalue weighted by Gasteiger charge is 2.23. The summed E-state index contributed by atoms with van der Waals surface area (Å²) in [5.41, 5.74) is 1.92. The van der Waals surface area contributed by atoms with Crippen LogP contribution in [-0.4, -0.2) is 46.2 Å². The molecule has 150 valence electrons. The van der Waals surface area contributed by atoms with Gasteiger partial charge in [0.25, 0.3) is 11.5 Å². The van der Waals surface area contributed by atoms with E-state index in [1.165, 1.54) is 0 Å². The van der Waals surface area contributed by atoms with Crippen molar-refractivity contribution in [1.82, 2.24) is 14.5 Å². The van der Waals surface area contributed by atoms with Crippen molar-refractivity contribution in [3.63, 3.8) is 0 Å². The Morgan fingerprint density at radius 3 is 2.48 bits per heavy atom. The van der Waals surface area contributed by atoms with Crippen LogP contribution in [0.3, 0.4) is 0 Å². The average Bonchev–Trinajstić information content (AvgIpc) is 2.74. The van der Waals surface area contributed by atoms with E-state index in [2.05, 4.69) is 4.98 Å². The van der Waals surface area contributed by atoms with Gasteiger partial charge < -0.3 is 9.64 Å². The van der Waals surface area contributed by atoms with Crippen LogP contribution < -0.4 is 5.56 Å². The van der Waals surface area contributed by atoms with Gasteiger partial charge in [0.05, 0.1) is 22.7 Å². The lowest BCUT2D eigenvalue weighted by Crippen LogP contribution is -2.40. The standard InChI is InChI=1S/C23H25N3O3/c1-3-29-19-12-14-25(15-13-19)22(27)17-8-10-18(11-9-17)26-16(2)24-21-7-5-4-6-20(21)23(26)28/h4-11,19H,3,12-15H2,1-2H3. The number of aromatic nitrogens is 2. The molecule has 3 aromatic rings. The van der Waals surface area contributed by atoms with Crippen LogP contribution >= 0.6 is 0 Å². The van der Waals surface area contributed by atoms with Gasteiger partial charge in [0.2, 0.25) is 0 Å². The minimum Gasteiger partial charge on any atom is -0.378 e. The van der Waals surface area contributed by atoms with Crippen LogP contribution in [-0.2, 0) is 4.74 Å². The zero-order chi connectivity index (χ0) is 20.4. The lowest BCUT2D eigenvalue weighted by atomic mass is 10.1. The lowest BCUT2D eigenvalue weighted by molar-refractivity contribution is 0.0146. The van der Waals surface area contributed by atoms with Crippen LogP contribution in [0.2, 0.25) is 0 Å². The summed E-state index contributed by atoms with van der Waals surface area (Å²) in [7, 11) is 0. The summed E-state index contributed by atoms with van der Waals surface area (Å²) in [6.45, 7) is 5.94. The van der Waals surface area contributed by atoms with Gasteiger partial charge in [-0.15, -0.1) is 0 Å². The van der Waals surface area contributed by atoms with Crippen molar-refractivity contribution in [1.29, 1.82) is 0 Å². The number of fused-ring (bicyclic) bond motifs is 1. The van der Waals surface area contributed by atoms with Crippen LogP contribution in [0.5, 0.6) is 0 Å². The summed E-state index contributed by atoms with van der Waals surface area (Å²) >= 11 is 0. The van der Waals surface area contributed by atoms with E-state index in [4.69, 9.17) is 4.74 Å². The maximum absolute atomic E-state index is 12.9. The van der Waals surface area contributed by atoms with Gasteiger partial charge >= 0.3 is 0 Å². The Hall–Kier alpha value is -2.99. The predicted octanol–water partition coefficient (Wildman–Crippen LogP) is 3.34. The minimum absolute atomic E-state index is 0.0206. The van der Waals surface area contributed by atoms with Gasteiger partial charge in [-0.3, -0.25) is 14.2 Å². The number of hydrogen-bond acceptors (Lipinski definition) is 4. The number of piperidine rings is 1. The molecule has 1 amide bonds. The second-order valence-electron chi connectivity index (χ2n) is 7.31. The fraction of sp³-hybridized carbons (Fsp3) is 0.348. The molecule has 1 aliphatic heterocycles. The van der Waals surface area contributed by atoms with Gasteiger partial charge in [-0.2, -0.15) is 0 Å². The van der Waals surface area contributed by atoms with Crippen molar-refractivity contribution in [3.8, 4) is 5.69 Å². The number of para-hydroxylation sites is 1. The molecule has 0 unspecified atom stereocenters. The summed E-state index contributed by atoms with van der Waals surface area (Å²) in [4.78, 5) is 32.2. The van der Waals surface area contributed by atoms with E-state index in [9.17, 15) is 9.59 Å². The molecule has 6 nitrogen and oxygen atoms in total. The Morgan fingerprint density at radius 2 is 1.79 bits per heavy atom. The van der Waals surface area contributed by atoms with Crippen LogP contribution in [0, 0.1) is 6.92 Å². The molecule has 1 aliphatic rings. The molecule has 0 radical (unpaired) electrons. The molecule has 4 rings (SSSR count). The fourth-order valence-corrected chi connectivity index (χ4v) is 3.94. The predicted molar refractivity (Wildman–Crippen MR) is 113 cm³/mol. The number of nitrogens with zero attached hydrogens (tertiary/aromatic N) is 3.